The lowest BCUT2D eigenvalue weighted by molar-refractivity contribution is -0.273. The fourth-order valence-corrected chi connectivity index (χ4v) is 8.06. The summed E-state index contributed by atoms with van der Waals surface area (Å²) in [5.41, 5.74) is -3.92. The van der Waals surface area contributed by atoms with Crippen LogP contribution < -0.4 is 11.1 Å². The van der Waals surface area contributed by atoms with E-state index in [0.717, 1.165) is 19.2 Å². The van der Waals surface area contributed by atoms with E-state index < -0.39 is 74.2 Å². The second kappa shape index (κ2) is 10.7. The number of benzene rings is 1. The summed E-state index contributed by atoms with van der Waals surface area (Å²) in [6, 6.07) is 1.85. The molecule has 218 valence electrons. The van der Waals surface area contributed by atoms with E-state index in [1.54, 1.807) is 22.6 Å². The van der Waals surface area contributed by atoms with Crippen LogP contribution in [0.15, 0.2) is 40.0 Å². The summed E-state index contributed by atoms with van der Waals surface area (Å²) < 4.78 is 118. The van der Waals surface area contributed by atoms with E-state index in [-0.39, 0.29) is 14.8 Å². The number of amides is 2. The molecule has 0 fully saturated rings. The Morgan fingerprint density at radius 3 is 2.10 bits per heavy atom. The summed E-state index contributed by atoms with van der Waals surface area (Å²) in [4.78, 5) is 26.4. The van der Waals surface area contributed by atoms with E-state index in [2.05, 4.69) is 5.32 Å². The highest BCUT2D eigenvalue weighted by Crippen LogP contribution is 2.56. The topological polar surface area (TPSA) is 106 Å². The lowest BCUT2D eigenvalue weighted by atomic mass is 9.57. The number of hydrogen-bond donors (Lipinski definition) is 2. The zero-order valence-corrected chi connectivity index (χ0v) is 24.1. The average Bonchev–Trinajstić information content (AvgIpc) is 2.70. The third-order valence-corrected chi connectivity index (χ3v) is 9.04. The van der Waals surface area contributed by atoms with Crippen molar-refractivity contribution in [2.45, 2.75) is 45.2 Å². The molecule has 0 saturated carbocycles. The Morgan fingerprint density at radius 2 is 1.67 bits per heavy atom. The van der Waals surface area contributed by atoms with E-state index in [9.17, 15) is 48.7 Å². The Hall–Kier alpha value is -2.17. The van der Waals surface area contributed by atoms with Crippen molar-refractivity contribution in [1.29, 1.82) is 0 Å². The minimum atomic E-state index is -5.89. The zero-order valence-electron chi connectivity index (χ0n) is 21.1. The summed E-state index contributed by atoms with van der Waals surface area (Å²) in [6.45, 7) is 4.05. The number of sulfone groups is 1. The molecule has 3 unspecified atom stereocenters. The Morgan fingerprint density at radius 1 is 1.10 bits per heavy atom. The number of rotatable bonds is 8. The van der Waals surface area contributed by atoms with E-state index >= 15 is 0 Å². The number of allylic oxidation sites excluding steroid dienone is 2. The van der Waals surface area contributed by atoms with Gasteiger partial charge in [0.2, 0.25) is 17.5 Å². The van der Waals surface area contributed by atoms with E-state index in [1.165, 1.54) is 32.1 Å². The maximum absolute atomic E-state index is 14.8. The molecule has 1 aliphatic carbocycles. The van der Waals surface area contributed by atoms with Gasteiger partial charge in [-0.2, -0.15) is 26.3 Å². The van der Waals surface area contributed by atoms with Gasteiger partial charge in [-0.3, -0.25) is 9.59 Å². The van der Waals surface area contributed by atoms with Crippen LogP contribution in [0.2, 0.25) is 0 Å². The van der Waals surface area contributed by atoms with Crippen LogP contribution in [-0.4, -0.2) is 44.6 Å². The number of halogens is 8. The summed E-state index contributed by atoms with van der Waals surface area (Å²) in [7, 11) is -3.69. The molecular formula is C24H26F7IN2O4S. The van der Waals surface area contributed by atoms with Crippen molar-refractivity contribution in [3.63, 3.8) is 0 Å². The number of carbonyl (C=O) groups excluding carboxylic acids is 2. The van der Waals surface area contributed by atoms with Crippen molar-refractivity contribution in [1.82, 2.24) is 0 Å². The van der Waals surface area contributed by atoms with Gasteiger partial charge in [0.1, 0.15) is 15.3 Å². The van der Waals surface area contributed by atoms with Crippen LogP contribution in [0.5, 0.6) is 0 Å². The lowest BCUT2D eigenvalue weighted by Crippen LogP contribution is -2.58. The monoisotopic (exact) mass is 698 g/mol. The first-order valence-corrected chi connectivity index (χ1v) is 14.3. The predicted octanol–water partition coefficient (Wildman–Crippen LogP) is 5.66. The number of hydrogen-bond acceptors (Lipinski definition) is 4. The molecule has 2 amide bonds. The van der Waals surface area contributed by atoms with Crippen LogP contribution in [0.25, 0.3) is 0 Å². The summed E-state index contributed by atoms with van der Waals surface area (Å²) in [5, 5.41) is 2.41. The van der Waals surface area contributed by atoms with Crippen LogP contribution in [0.4, 0.5) is 36.4 Å². The van der Waals surface area contributed by atoms with Gasteiger partial charge in [0, 0.05) is 15.5 Å². The minimum Gasteiger partial charge on any atom is -0.369 e. The molecule has 3 atom stereocenters. The first-order valence-electron chi connectivity index (χ1n) is 11.2. The highest BCUT2D eigenvalue weighted by Gasteiger charge is 2.62. The molecular weight excluding hydrogens is 672 g/mol. The molecule has 1 aromatic carbocycles. The number of anilines is 1. The van der Waals surface area contributed by atoms with Gasteiger partial charge in [-0.25, -0.2) is 12.8 Å². The summed E-state index contributed by atoms with van der Waals surface area (Å²) >= 11 is 1.77. The second-order valence-corrected chi connectivity index (χ2v) is 13.4. The number of alkyl halides is 7. The fraction of sp³-hybridized carbons (Fsp3) is 0.500. The highest BCUT2D eigenvalue weighted by atomic mass is 127. The van der Waals surface area contributed by atoms with Gasteiger partial charge in [-0.15, -0.1) is 0 Å². The molecule has 2 rings (SSSR count). The van der Waals surface area contributed by atoms with Gasteiger partial charge >= 0.3 is 12.4 Å². The van der Waals surface area contributed by atoms with Crippen LogP contribution in [-0.2, 0) is 25.1 Å². The number of aryl methyl sites for hydroxylation is 1. The van der Waals surface area contributed by atoms with Crippen LogP contribution >= 0.6 is 22.6 Å². The number of carbonyl (C=O) groups is 2. The largest absolute Gasteiger partial charge is 0.427 e. The highest BCUT2D eigenvalue weighted by molar-refractivity contribution is 14.1. The Bertz CT molecular complexity index is 1320. The molecule has 0 aromatic heterocycles. The van der Waals surface area contributed by atoms with Crippen molar-refractivity contribution in [3.05, 3.63) is 51.1 Å². The molecule has 6 nitrogen and oxygen atoms in total. The molecule has 0 spiro atoms. The van der Waals surface area contributed by atoms with Crippen LogP contribution in [0, 0.1) is 23.7 Å². The van der Waals surface area contributed by atoms with Gasteiger partial charge in [0.15, 0.2) is 0 Å². The van der Waals surface area contributed by atoms with Gasteiger partial charge in [0.05, 0.1) is 18.1 Å². The van der Waals surface area contributed by atoms with Crippen molar-refractivity contribution in [2.24, 2.45) is 22.5 Å². The quantitative estimate of drug-likeness (QED) is 0.270. The van der Waals surface area contributed by atoms with Crippen LogP contribution in [0.3, 0.4) is 0 Å². The number of primary amides is 1. The number of nitrogens with two attached hydrogens (primary N) is 1. The molecule has 39 heavy (non-hydrogen) atoms. The average molecular weight is 698 g/mol. The Kier molecular flexibility index (Phi) is 9.04. The van der Waals surface area contributed by atoms with Gasteiger partial charge < -0.3 is 11.1 Å². The van der Waals surface area contributed by atoms with Crippen molar-refractivity contribution in [2.75, 3.05) is 17.3 Å². The smallest absolute Gasteiger partial charge is 0.369 e. The minimum absolute atomic E-state index is 0.169. The molecule has 15 heteroatoms. The van der Waals surface area contributed by atoms with Gasteiger partial charge in [-0.05, 0) is 52.1 Å². The van der Waals surface area contributed by atoms with E-state index in [4.69, 9.17) is 5.73 Å². The molecule has 1 aliphatic rings. The maximum atomic E-state index is 14.8. The normalized spacial score (nSPS) is 22.2. The number of nitrogens with one attached hydrogen (secondary N) is 1. The third kappa shape index (κ3) is 6.60. The Labute approximate surface area is 234 Å². The zero-order chi connectivity index (χ0) is 30.4. The molecule has 3 N–H and O–H groups in total. The second-order valence-electron chi connectivity index (χ2n) is 10.1. The molecule has 0 bridgehead atoms. The van der Waals surface area contributed by atoms with Crippen molar-refractivity contribution >= 4 is 49.9 Å². The fourth-order valence-electron chi connectivity index (χ4n) is 4.98. The maximum Gasteiger partial charge on any atom is 0.427 e. The predicted molar refractivity (Wildman–Crippen MR) is 139 cm³/mol. The molecule has 0 saturated heterocycles. The SMILES string of the molecule is Cc1cc(C(F)(CC(F)(F)F)C(F)(F)F)ccc1NC(=O)C1C=CC=C(I)C1(C(N)=O)C(C)(C)CS(C)(=O)=O. The molecule has 1 aromatic rings. The Balaban J connectivity index is 2.56. The van der Waals surface area contributed by atoms with Gasteiger partial charge in [-0.1, -0.05) is 44.2 Å². The van der Waals surface area contributed by atoms with Gasteiger partial charge in [0.25, 0.3) is 0 Å². The molecule has 0 aliphatic heterocycles. The third-order valence-electron chi connectivity index (χ3n) is 6.59. The summed E-state index contributed by atoms with van der Waals surface area (Å²) in [5.74, 6) is -3.83. The molecule has 0 heterocycles. The van der Waals surface area contributed by atoms with Crippen LogP contribution in [0.1, 0.15) is 31.4 Å². The van der Waals surface area contributed by atoms with E-state index in [1.807, 2.05) is 0 Å². The summed E-state index contributed by atoms with van der Waals surface area (Å²) in [6.07, 6.45) is -8.97. The lowest BCUT2D eigenvalue weighted by Gasteiger charge is -2.48. The van der Waals surface area contributed by atoms with Crippen molar-refractivity contribution < 1.29 is 48.7 Å². The van der Waals surface area contributed by atoms with E-state index in [0.29, 0.717) is 12.1 Å². The standard InChI is InChI=1S/C24H26F7IN2O4S/c1-13-10-14(21(25,24(29,30)31)11-22(26,27)28)8-9-16(13)34-18(35)15-6-5-7-17(32)23(15,19(33)36)20(2,3)12-39(4,37)38/h5-10,15H,11-12H2,1-4H3,(H2,33,36)(H,34,35). The molecule has 0 radical (unpaired) electrons. The first kappa shape index (κ1) is 33.0. The van der Waals surface area contributed by atoms with Crippen molar-refractivity contribution in [3.8, 4) is 0 Å². The first-order chi connectivity index (χ1) is 17.4.